The van der Waals surface area contributed by atoms with Crippen LogP contribution in [0.15, 0.2) is 18.2 Å². The molecule has 6 heteroatoms. The molecule has 22 heavy (non-hydrogen) atoms. The summed E-state index contributed by atoms with van der Waals surface area (Å²) in [7, 11) is 0. The predicted molar refractivity (Wildman–Crippen MR) is 86.1 cm³/mol. The molecule has 118 valence electrons. The molecular weight excluding hydrogens is 280 g/mol. The quantitative estimate of drug-likeness (QED) is 0.866. The van der Waals surface area contributed by atoms with Crippen LogP contribution in [0.4, 0.5) is 5.69 Å². The zero-order valence-electron chi connectivity index (χ0n) is 15.6. The van der Waals surface area contributed by atoms with Crippen LogP contribution in [0, 0.1) is 0 Å². The van der Waals surface area contributed by atoms with Crippen molar-refractivity contribution in [3.8, 4) is 0 Å². The van der Waals surface area contributed by atoms with E-state index in [0.717, 1.165) is 16.7 Å². The van der Waals surface area contributed by atoms with Gasteiger partial charge in [0.1, 0.15) is 12.2 Å². The molecule has 0 atom stereocenters. The Balaban J connectivity index is 1.70. The molecule has 1 aliphatic heterocycles. The molecule has 0 aliphatic carbocycles. The van der Waals surface area contributed by atoms with Crippen LogP contribution in [-0.4, -0.2) is 60.6 Å². The van der Waals surface area contributed by atoms with Crippen molar-refractivity contribution in [2.45, 2.75) is 13.3 Å². The topological polar surface area (TPSA) is 61.5 Å². The van der Waals surface area contributed by atoms with Gasteiger partial charge in [0.05, 0.1) is 17.6 Å². The number of esters is 1. The Kier molecular flexibility index (Phi) is 3.32. The fourth-order valence-corrected chi connectivity index (χ4v) is 2.64. The van der Waals surface area contributed by atoms with Crippen molar-refractivity contribution in [1.82, 2.24) is 14.9 Å². The van der Waals surface area contributed by atoms with Crippen LogP contribution in [0.3, 0.4) is 0 Å². The summed E-state index contributed by atoms with van der Waals surface area (Å²) in [5, 5.41) is 0. The Hall–Kier alpha value is -2.08. The van der Waals surface area contributed by atoms with Crippen molar-refractivity contribution in [2.24, 2.45) is 0 Å². The molecule has 2 aromatic rings. The number of imidazole rings is 1. The molecule has 1 fully saturated rings. The van der Waals surface area contributed by atoms with Crippen LogP contribution in [0.5, 0.6) is 0 Å². The van der Waals surface area contributed by atoms with E-state index in [1.807, 2.05) is 18.2 Å². The number of H-pyrrole nitrogens is 1. The summed E-state index contributed by atoms with van der Waals surface area (Å²) in [4.78, 5) is 22.8. The Morgan fingerprint density at radius 2 is 2.23 bits per heavy atom. The van der Waals surface area contributed by atoms with Gasteiger partial charge in [0.25, 0.3) is 0 Å². The third-order valence-corrected chi connectivity index (χ3v) is 3.78. The molecule has 0 amide bonds. The Labute approximate surface area is 134 Å². The Bertz CT molecular complexity index is 751. The molecular formula is C16H22N4O2. The highest BCUT2D eigenvalue weighted by Crippen LogP contribution is 2.22. The second-order valence-electron chi connectivity index (χ2n) is 5.34. The normalized spacial score (nSPS) is 18.8. The number of rotatable bonds is 4. The van der Waals surface area contributed by atoms with Gasteiger partial charge < -0.3 is 19.5 Å². The first-order valence-corrected chi connectivity index (χ1v) is 7.51. The number of carbonyl (C=O) groups excluding carboxylic acids is 1. The summed E-state index contributed by atoms with van der Waals surface area (Å²) in [6.45, 7) is 2.43. The average molecular weight is 305 g/mol. The molecule has 1 aromatic heterocycles. The number of likely N-dealkylation sites (N-methyl/N-ethyl adjacent to an activating group) is 1. The molecule has 0 spiro atoms. The summed E-state index contributed by atoms with van der Waals surface area (Å²) >= 11 is 0. The zero-order valence-corrected chi connectivity index (χ0v) is 12.6. The van der Waals surface area contributed by atoms with Crippen molar-refractivity contribution < 1.29 is 13.6 Å². The summed E-state index contributed by atoms with van der Waals surface area (Å²) < 4.78 is 27.4. The van der Waals surface area contributed by atoms with E-state index in [1.165, 1.54) is 4.90 Å². The zero-order chi connectivity index (χ0) is 18.0. The maximum atomic E-state index is 11.6. The van der Waals surface area contributed by atoms with E-state index in [9.17, 15) is 4.79 Å². The fraction of sp³-hybridized carbons (Fsp3) is 0.500. The maximum absolute atomic E-state index is 11.6. The van der Waals surface area contributed by atoms with Gasteiger partial charge in [-0.15, -0.1) is 0 Å². The summed E-state index contributed by atoms with van der Waals surface area (Å²) in [5.74, 6) is 0.278. The van der Waals surface area contributed by atoms with E-state index in [-0.39, 0.29) is 12.4 Å². The van der Waals surface area contributed by atoms with E-state index >= 15 is 0 Å². The highest BCUT2D eigenvalue weighted by Gasteiger charge is 2.15. The smallest absolute Gasteiger partial charge is 0.313 e. The Morgan fingerprint density at radius 1 is 1.41 bits per heavy atom. The van der Waals surface area contributed by atoms with Gasteiger partial charge in [0, 0.05) is 36.0 Å². The van der Waals surface area contributed by atoms with Crippen LogP contribution >= 0.6 is 0 Å². The van der Waals surface area contributed by atoms with E-state index in [1.54, 1.807) is 6.92 Å². The number of benzene rings is 1. The van der Waals surface area contributed by atoms with Gasteiger partial charge in [-0.1, -0.05) is 0 Å². The summed E-state index contributed by atoms with van der Waals surface area (Å²) in [5.41, 5.74) is 2.67. The van der Waals surface area contributed by atoms with E-state index in [2.05, 4.69) is 14.9 Å². The van der Waals surface area contributed by atoms with Gasteiger partial charge in [-0.3, -0.25) is 4.79 Å². The van der Waals surface area contributed by atoms with Crippen LogP contribution in [0.25, 0.3) is 11.0 Å². The van der Waals surface area contributed by atoms with Gasteiger partial charge in [-0.2, -0.15) is 0 Å². The largest absolute Gasteiger partial charge is 0.466 e. The van der Waals surface area contributed by atoms with Crippen molar-refractivity contribution in [1.29, 1.82) is 0 Å². The third-order valence-electron chi connectivity index (χ3n) is 3.78. The van der Waals surface area contributed by atoms with Crippen LogP contribution in [0.2, 0.25) is 0 Å². The molecule has 0 bridgehead atoms. The molecule has 6 nitrogen and oxygen atoms in total. The molecule has 1 saturated heterocycles. The van der Waals surface area contributed by atoms with Gasteiger partial charge in [-0.05, 0) is 32.1 Å². The highest BCUT2D eigenvalue weighted by molar-refractivity contribution is 5.81. The molecule has 0 unspecified atom stereocenters. The lowest BCUT2D eigenvalue weighted by molar-refractivity contribution is -0.142. The van der Waals surface area contributed by atoms with Gasteiger partial charge in [0.2, 0.25) is 0 Å². The number of nitrogens with zero attached hydrogens (tertiary/aromatic N) is 3. The number of ether oxygens (including phenoxy) is 1. The van der Waals surface area contributed by atoms with Crippen LogP contribution in [-0.2, 0) is 16.0 Å². The lowest BCUT2D eigenvalue weighted by Gasteiger charge is -2.34. The first-order valence-electron chi connectivity index (χ1n) is 9.01. The minimum Gasteiger partial charge on any atom is -0.466 e. The third kappa shape index (κ3) is 3.22. The molecule has 1 aromatic carbocycles. The van der Waals surface area contributed by atoms with Gasteiger partial charge in [-0.25, -0.2) is 4.98 Å². The molecule has 0 saturated carbocycles. The average Bonchev–Trinajstić information content (AvgIpc) is 2.95. The molecule has 3 rings (SSSR count). The van der Waals surface area contributed by atoms with Crippen molar-refractivity contribution in [3.63, 3.8) is 0 Å². The second-order valence-corrected chi connectivity index (χ2v) is 5.34. The molecule has 1 N–H and O–H groups in total. The minimum absolute atomic E-state index is 0.120. The van der Waals surface area contributed by atoms with E-state index in [0.29, 0.717) is 38.6 Å². The number of aromatic amines is 1. The number of aromatic nitrogens is 2. The lowest BCUT2D eigenvalue weighted by Crippen LogP contribution is -2.44. The SMILES string of the molecule is [2H]C([2H])([2H])N1CCN(c2ccc3nc(CC(=O)OCC)[nH]c3c2)CC1. The molecule has 0 radical (unpaired) electrons. The second kappa shape index (κ2) is 6.36. The number of hydrogen-bond acceptors (Lipinski definition) is 5. The van der Waals surface area contributed by atoms with Crippen molar-refractivity contribution in [3.05, 3.63) is 24.0 Å². The van der Waals surface area contributed by atoms with E-state index in [4.69, 9.17) is 8.85 Å². The predicted octanol–water partition coefficient (Wildman–Crippen LogP) is 1.42. The maximum Gasteiger partial charge on any atom is 0.313 e. The van der Waals surface area contributed by atoms with Crippen LogP contribution in [0.1, 0.15) is 16.9 Å². The minimum atomic E-state index is -2.03. The van der Waals surface area contributed by atoms with E-state index < -0.39 is 6.98 Å². The first kappa shape index (κ1) is 11.5. The summed E-state index contributed by atoms with van der Waals surface area (Å²) in [6.07, 6.45) is 0.120. The summed E-state index contributed by atoms with van der Waals surface area (Å²) in [6, 6.07) is 5.87. The van der Waals surface area contributed by atoms with Crippen molar-refractivity contribution in [2.75, 3.05) is 44.7 Å². The monoisotopic (exact) mass is 305 g/mol. The number of nitrogens with one attached hydrogen (secondary N) is 1. The number of fused-ring (bicyclic) bond motifs is 1. The number of piperazine rings is 1. The van der Waals surface area contributed by atoms with Gasteiger partial charge in [0.15, 0.2) is 0 Å². The standard InChI is InChI=1S/C16H22N4O2/c1-3-22-16(21)11-15-17-13-5-4-12(10-14(13)18-15)20-8-6-19(2)7-9-20/h4-5,10H,3,6-9,11H2,1-2H3,(H,17,18)/i2D3. The highest BCUT2D eigenvalue weighted by atomic mass is 16.5. The lowest BCUT2D eigenvalue weighted by atomic mass is 10.2. The molecule has 2 heterocycles. The first-order chi connectivity index (χ1) is 11.9. The fourth-order valence-electron chi connectivity index (χ4n) is 2.64. The number of carbonyl (C=O) groups is 1. The number of hydrogen-bond donors (Lipinski definition) is 1. The number of anilines is 1. The van der Waals surface area contributed by atoms with Gasteiger partial charge >= 0.3 is 5.97 Å². The Morgan fingerprint density at radius 3 is 2.95 bits per heavy atom. The molecule has 1 aliphatic rings. The van der Waals surface area contributed by atoms with Crippen molar-refractivity contribution >= 4 is 22.7 Å². The van der Waals surface area contributed by atoms with Crippen LogP contribution < -0.4 is 4.90 Å².